The second-order valence-electron chi connectivity index (χ2n) is 4.48. The van der Waals surface area contributed by atoms with Crippen LogP contribution in [0.5, 0.6) is 0 Å². The van der Waals surface area contributed by atoms with Crippen LogP contribution in [0.15, 0.2) is 18.2 Å². The molecule has 1 heterocycles. The zero-order valence-electron chi connectivity index (χ0n) is 10.3. The van der Waals surface area contributed by atoms with Gasteiger partial charge in [0.15, 0.2) is 0 Å². The topological polar surface area (TPSA) is 54.0 Å². The van der Waals surface area contributed by atoms with Crippen molar-refractivity contribution in [2.24, 2.45) is 5.41 Å². The van der Waals surface area contributed by atoms with Gasteiger partial charge in [-0.2, -0.15) is 0 Å². The van der Waals surface area contributed by atoms with Crippen molar-refractivity contribution in [3.8, 4) is 0 Å². The number of rotatable bonds is 4. The van der Waals surface area contributed by atoms with Gasteiger partial charge >= 0.3 is 0 Å². The largest absolute Gasteiger partial charge is 0.369 e. The Kier molecular flexibility index (Phi) is 3.88. The molecule has 0 radical (unpaired) electrons. The van der Waals surface area contributed by atoms with Crippen molar-refractivity contribution in [2.75, 3.05) is 18.9 Å². The smallest absolute Gasteiger partial charge is 0.227 e. The van der Waals surface area contributed by atoms with Crippen molar-refractivity contribution >= 4 is 11.7 Å². The lowest BCUT2D eigenvalue weighted by Gasteiger charge is -2.23. The standard InChI is InChI=1S/C12H19N3O/c1-9-6-5-7-10(15-9)14-8-12(2,3)11(16)13-4/h5-7H,8H2,1-4H3,(H,13,16)(H,14,15). The molecule has 1 amide bonds. The molecule has 0 spiro atoms. The quantitative estimate of drug-likeness (QED) is 0.811. The Bertz CT molecular complexity index is 374. The van der Waals surface area contributed by atoms with Crippen LogP contribution in [0.25, 0.3) is 0 Å². The zero-order chi connectivity index (χ0) is 12.2. The summed E-state index contributed by atoms with van der Waals surface area (Å²) in [4.78, 5) is 15.9. The Morgan fingerprint density at radius 3 is 2.69 bits per heavy atom. The van der Waals surface area contributed by atoms with Crippen LogP contribution in [-0.2, 0) is 4.79 Å². The minimum Gasteiger partial charge on any atom is -0.369 e. The van der Waals surface area contributed by atoms with Gasteiger partial charge in [-0.1, -0.05) is 6.07 Å². The van der Waals surface area contributed by atoms with Crippen LogP contribution >= 0.6 is 0 Å². The number of aromatic nitrogens is 1. The first-order valence-corrected chi connectivity index (χ1v) is 5.35. The maximum absolute atomic E-state index is 11.6. The predicted octanol–water partition coefficient (Wildman–Crippen LogP) is 1.57. The summed E-state index contributed by atoms with van der Waals surface area (Å²) in [6, 6.07) is 5.78. The van der Waals surface area contributed by atoms with Crippen molar-refractivity contribution < 1.29 is 4.79 Å². The van der Waals surface area contributed by atoms with E-state index in [4.69, 9.17) is 0 Å². The second-order valence-corrected chi connectivity index (χ2v) is 4.48. The van der Waals surface area contributed by atoms with Gasteiger partial charge in [0.05, 0.1) is 5.41 Å². The predicted molar refractivity (Wildman–Crippen MR) is 65.3 cm³/mol. The first kappa shape index (κ1) is 12.5. The van der Waals surface area contributed by atoms with Crippen molar-refractivity contribution in [1.82, 2.24) is 10.3 Å². The summed E-state index contributed by atoms with van der Waals surface area (Å²) >= 11 is 0. The summed E-state index contributed by atoms with van der Waals surface area (Å²) in [6.07, 6.45) is 0. The Morgan fingerprint density at radius 1 is 1.44 bits per heavy atom. The van der Waals surface area contributed by atoms with Crippen molar-refractivity contribution in [2.45, 2.75) is 20.8 Å². The normalized spacial score (nSPS) is 11.0. The van der Waals surface area contributed by atoms with E-state index in [-0.39, 0.29) is 5.91 Å². The molecule has 1 aromatic rings. The third-order valence-corrected chi connectivity index (χ3v) is 2.44. The first-order chi connectivity index (χ1) is 7.45. The molecule has 0 saturated heterocycles. The molecule has 0 aliphatic carbocycles. The lowest BCUT2D eigenvalue weighted by Crippen LogP contribution is -2.39. The number of nitrogens with one attached hydrogen (secondary N) is 2. The average molecular weight is 221 g/mol. The third-order valence-electron chi connectivity index (χ3n) is 2.44. The van der Waals surface area contributed by atoms with Crippen molar-refractivity contribution in [1.29, 1.82) is 0 Å². The van der Waals surface area contributed by atoms with Crippen molar-refractivity contribution in [3.05, 3.63) is 23.9 Å². The van der Waals surface area contributed by atoms with E-state index in [9.17, 15) is 4.79 Å². The molecule has 0 aliphatic rings. The molecule has 0 fully saturated rings. The Labute approximate surface area is 96.5 Å². The number of carbonyl (C=O) groups excluding carboxylic acids is 1. The highest BCUT2D eigenvalue weighted by Gasteiger charge is 2.26. The van der Waals surface area contributed by atoms with E-state index >= 15 is 0 Å². The fourth-order valence-electron chi connectivity index (χ4n) is 1.37. The van der Waals surface area contributed by atoms with E-state index in [1.165, 1.54) is 0 Å². The van der Waals surface area contributed by atoms with Gasteiger partial charge in [0.1, 0.15) is 5.82 Å². The number of nitrogens with zero attached hydrogens (tertiary/aromatic N) is 1. The molecule has 1 aromatic heterocycles. The summed E-state index contributed by atoms with van der Waals surface area (Å²) in [5.74, 6) is 0.824. The minimum atomic E-state index is -0.444. The fraction of sp³-hybridized carbons (Fsp3) is 0.500. The molecule has 0 aliphatic heterocycles. The molecule has 0 unspecified atom stereocenters. The Balaban J connectivity index is 2.61. The molecule has 0 aromatic carbocycles. The monoisotopic (exact) mass is 221 g/mol. The third kappa shape index (κ3) is 3.22. The molecule has 0 bridgehead atoms. The Hall–Kier alpha value is -1.58. The van der Waals surface area contributed by atoms with Gasteiger partial charge in [-0.15, -0.1) is 0 Å². The van der Waals surface area contributed by atoms with Crippen LogP contribution in [0.3, 0.4) is 0 Å². The summed E-state index contributed by atoms with van der Waals surface area (Å²) < 4.78 is 0. The van der Waals surface area contributed by atoms with Gasteiger partial charge in [0.2, 0.25) is 5.91 Å². The molecule has 1 rings (SSSR count). The van der Waals surface area contributed by atoms with E-state index in [1.807, 2.05) is 39.0 Å². The van der Waals surface area contributed by atoms with E-state index in [2.05, 4.69) is 15.6 Å². The van der Waals surface area contributed by atoms with Crippen LogP contribution in [0, 0.1) is 12.3 Å². The molecule has 0 atom stereocenters. The Morgan fingerprint density at radius 2 is 2.12 bits per heavy atom. The molecule has 0 saturated carbocycles. The SMILES string of the molecule is CNC(=O)C(C)(C)CNc1cccc(C)n1. The van der Waals surface area contributed by atoms with Crippen LogP contribution in [0.4, 0.5) is 5.82 Å². The highest BCUT2D eigenvalue weighted by Crippen LogP contribution is 2.16. The van der Waals surface area contributed by atoms with Gasteiger partial charge in [-0.05, 0) is 32.9 Å². The molecule has 88 valence electrons. The van der Waals surface area contributed by atoms with Gasteiger partial charge in [-0.3, -0.25) is 4.79 Å². The summed E-state index contributed by atoms with van der Waals surface area (Å²) in [6.45, 7) is 6.29. The fourth-order valence-corrected chi connectivity index (χ4v) is 1.37. The highest BCUT2D eigenvalue weighted by atomic mass is 16.2. The number of amides is 1. The van der Waals surface area contributed by atoms with Crippen LogP contribution in [-0.4, -0.2) is 24.5 Å². The van der Waals surface area contributed by atoms with E-state index in [0.717, 1.165) is 11.5 Å². The zero-order valence-corrected chi connectivity index (χ0v) is 10.3. The number of carbonyl (C=O) groups is 1. The number of hydrogen-bond donors (Lipinski definition) is 2. The van der Waals surface area contributed by atoms with E-state index < -0.39 is 5.41 Å². The molecule has 16 heavy (non-hydrogen) atoms. The molecular weight excluding hydrogens is 202 g/mol. The maximum atomic E-state index is 11.6. The maximum Gasteiger partial charge on any atom is 0.227 e. The van der Waals surface area contributed by atoms with E-state index in [0.29, 0.717) is 6.54 Å². The second kappa shape index (κ2) is 4.96. The first-order valence-electron chi connectivity index (χ1n) is 5.35. The van der Waals surface area contributed by atoms with Crippen LogP contribution in [0.2, 0.25) is 0 Å². The lowest BCUT2D eigenvalue weighted by molar-refractivity contribution is -0.128. The van der Waals surface area contributed by atoms with Crippen LogP contribution in [0.1, 0.15) is 19.5 Å². The molecule has 4 heteroatoms. The number of pyridine rings is 1. The molecule has 2 N–H and O–H groups in total. The lowest BCUT2D eigenvalue weighted by atomic mass is 9.92. The van der Waals surface area contributed by atoms with Gasteiger partial charge in [0, 0.05) is 19.3 Å². The highest BCUT2D eigenvalue weighted by molar-refractivity contribution is 5.82. The minimum absolute atomic E-state index is 0.0210. The summed E-state index contributed by atoms with van der Waals surface area (Å²) in [5.41, 5.74) is 0.517. The average Bonchev–Trinajstić information content (AvgIpc) is 2.25. The summed E-state index contributed by atoms with van der Waals surface area (Å²) in [7, 11) is 1.65. The number of aryl methyl sites for hydroxylation is 1. The molecular formula is C12H19N3O. The van der Waals surface area contributed by atoms with E-state index in [1.54, 1.807) is 7.05 Å². The van der Waals surface area contributed by atoms with Gasteiger partial charge in [-0.25, -0.2) is 4.98 Å². The molecule has 4 nitrogen and oxygen atoms in total. The van der Waals surface area contributed by atoms with Crippen LogP contribution < -0.4 is 10.6 Å². The van der Waals surface area contributed by atoms with Gasteiger partial charge in [0.25, 0.3) is 0 Å². The summed E-state index contributed by atoms with van der Waals surface area (Å²) in [5, 5.41) is 5.82. The number of hydrogen-bond acceptors (Lipinski definition) is 3. The van der Waals surface area contributed by atoms with Crippen molar-refractivity contribution in [3.63, 3.8) is 0 Å². The van der Waals surface area contributed by atoms with Gasteiger partial charge < -0.3 is 10.6 Å². The number of anilines is 1.